The Bertz CT molecular complexity index is 784. The highest BCUT2D eigenvalue weighted by Gasteiger charge is 2.17. The van der Waals surface area contributed by atoms with Crippen molar-refractivity contribution in [1.29, 1.82) is 0 Å². The fraction of sp³-hybridized carbons (Fsp3) is 0.600. The Labute approximate surface area is 167 Å². The van der Waals surface area contributed by atoms with E-state index >= 15 is 0 Å². The summed E-state index contributed by atoms with van der Waals surface area (Å²) in [6, 6.07) is 5.01. The smallest absolute Gasteiger partial charge is 0.307 e. The fourth-order valence-corrected chi connectivity index (χ4v) is 4.28. The Balaban J connectivity index is 1.70. The van der Waals surface area contributed by atoms with Crippen LogP contribution in [0, 0.1) is 13.8 Å². The molecule has 1 aliphatic carbocycles. The second kappa shape index (κ2) is 10.6. The molecule has 0 radical (unpaired) electrons. The average Bonchev–Trinajstić information content (AvgIpc) is 2.90. The molecular formula is C20H30N2O5S. The zero-order chi connectivity index (χ0) is 20.6. The molecule has 0 spiro atoms. The number of nitrogens with one attached hydrogen (secondary N) is 2. The van der Waals surface area contributed by atoms with Crippen LogP contribution >= 0.6 is 0 Å². The van der Waals surface area contributed by atoms with Crippen molar-refractivity contribution in [2.75, 3.05) is 13.2 Å². The molecule has 0 aromatic heterocycles. The Morgan fingerprint density at radius 1 is 1.07 bits per heavy atom. The van der Waals surface area contributed by atoms with Gasteiger partial charge in [0.1, 0.15) is 0 Å². The summed E-state index contributed by atoms with van der Waals surface area (Å²) in [4.78, 5) is 23.8. The number of esters is 1. The number of carbonyl (C=O) groups excluding carboxylic acids is 2. The molecule has 1 aliphatic rings. The maximum absolute atomic E-state index is 12.3. The first-order valence-electron chi connectivity index (χ1n) is 9.80. The van der Waals surface area contributed by atoms with E-state index in [0.717, 1.165) is 36.8 Å². The number of benzene rings is 1. The quantitative estimate of drug-likeness (QED) is 0.506. The average molecular weight is 411 g/mol. The third-order valence-electron chi connectivity index (χ3n) is 4.99. The Hall–Kier alpha value is -1.93. The lowest BCUT2D eigenvalue weighted by atomic mass is 10.1. The van der Waals surface area contributed by atoms with Crippen molar-refractivity contribution in [2.45, 2.75) is 69.7 Å². The molecule has 0 saturated heterocycles. The molecule has 0 heterocycles. The molecule has 156 valence electrons. The molecule has 1 amide bonds. The molecule has 1 saturated carbocycles. The lowest BCUT2D eigenvalue weighted by Gasteiger charge is -2.16. The number of hydrogen-bond acceptors (Lipinski definition) is 5. The van der Waals surface area contributed by atoms with Crippen LogP contribution in [0.4, 0.5) is 0 Å². The van der Waals surface area contributed by atoms with Crippen LogP contribution in [0.15, 0.2) is 23.1 Å². The van der Waals surface area contributed by atoms with Crippen LogP contribution in [0.3, 0.4) is 0 Å². The Morgan fingerprint density at radius 2 is 1.75 bits per heavy atom. The van der Waals surface area contributed by atoms with Crippen LogP contribution in [-0.4, -0.2) is 39.5 Å². The van der Waals surface area contributed by atoms with Crippen molar-refractivity contribution in [2.24, 2.45) is 0 Å². The van der Waals surface area contributed by atoms with Gasteiger partial charge in [0.25, 0.3) is 5.91 Å². The van der Waals surface area contributed by atoms with Crippen LogP contribution in [0.5, 0.6) is 0 Å². The molecule has 7 nitrogen and oxygen atoms in total. The van der Waals surface area contributed by atoms with E-state index in [9.17, 15) is 18.0 Å². The summed E-state index contributed by atoms with van der Waals surface area (Å²) in [5.41, 5.74) is 1.88. The van der Waals surface area contributed by atoms with Crippen LogP contribution in [0.25, 0.3) is 0 Å². The molecule has 2 rings (SSSR count). The highest BCUT2D eigenvalue weighted by molar-refractivity contribution is 7.89. The van der Waals surface area contributed by atoms with Gasteiger partial charge in [-0.25, -0.2) is 13.1 Å². The van der Waals surface area contributed by atoms with E-state index in [1.807, 2.05) is 13.8 Å². The molecule has 2 N–H and O–H groups in total. The lowest BCUT2D eigenvalue weighted by molar-refractivity contribution is -0.148. The van der Waals surface area contributed by atoms with Gasteiger partial charge in [-0.3, -0.25) is 9.59 Å². The zero-order valence-corrected chi connectivity index (χ0v) is 17.4. The van der Waals surface area contributed by atoms with Gasteiger partial charge in [0.15, 0.2) is 6.61 Å². The third kappa shape index (κ3) is 7.24. The number of ether oxygens (including phenoxy) is 1. The van der Waals surface area contributed by atoms with E-state index < -0.39 is 16.0 Å². The Kier molecular flexibility index (Phi) is 8.44. The maximum atomic E-state index is 12.3. The minimum absolute atomic E-state index is 0.0850. The first-order chi connectivity index (χ1) is 13.3. The molecule has 0 bridgehead atoms. The normalized spacial score (nSPS) is 15.6. The number of hydrogen-bond donors (Lipinski definition) is 2. The summed E-state index contributed by atoms with van der Waals surface area (Å²) in [5.74, 6) is -0.922. The number of rotatable bonds is 8. The molecule has 0 unspecified atom stereocenters. The highest BCUT2D eigenvalue weighted by Crippen LogP contribution is 2.17. The number of sulfonamides is 1. The SMILES string of the molecule is Cc1ccc(S(=O)(=O)NCCC(=O)OCC(=O)NC2CCCCCC2)cc1C. The van der Waals surface area contributed by atoms with Crippen LogP contribution < -0.4 is 10.0 Å². The van der Waals surface area contributed by atoms with Crippen molar-refractivity contribution >= 4 is 21.9 Å². The first-order valence-corrected chi connectivity index (χ1v) is 11.3. The summed E-state index contributed by atoms with van der Waals surface area (Å²) in [6.07, 6.45) is 6.37. The third-order valence-corrected chi connectivity index (χ3v) is 6.45. The van der Waals surface area contributed by atoms with Crippen LogP contribution in [0.1, 0.15) is 56.1 Å². The molecule has 1 aromatic rings. The van der Waals surface area contributed by atoms with Crippen molar-refractivity contribution in [3.05, 3.63) is 29.3 Å². The van der Waals surface area contributed by atoms with Gasteiger partial charge in [-0.1, -0.05) is 31.7 Å². The lowest BCUT2D eigenvalue weighted by Crippen LogP contribution is -2.37. The molecule has 1 aromatic carbocycles. The van der Waals surface area contributed by atoms with Crippen molar-refractivity contribution in [3.8, 4) is 0 Å². The number of amides is 1. The molecule has 8 heteroatoms. The summed E-state index contributed by atoms with van der Waals surface area (Å²) in [5, 5.41) is 2.90. The van der Waals surface area contributed by atoms with Gasteiger partial charge < -0.3 is 10.1 Å². The monoisotopic (exact) mass is 410 g/mol. The predicted octanol–water partition coefficient (Wildman–Crippen LogP) is 2.35. The van der Waals surface area contributed by atoms with E-state index in [2.05, 4.69) is 10.0 Å². The summed E-state index contributed by atoms with van der Waals surface area (Å²) < 4.78 is 31.9. The van der Waals surface area contributed by atoms with Gasteiger partial charge in [0, 0.05) is 12.6 Å². The van der Waals surface area contributed by atoms with Crippen molar-refractivity contribution < 1.29 is 22.7 Å². The van der Waals surface area contributed by atoms with Gasteiger partial charge in [0.05, 0.1) is 11.3 Å². The highest BCUT2D eigenvalue weighted by atomic mass is 32.2. The van der Waals surface area contributed by atoms with Crippen LogP contribution in [0.2, 0.25) is 0 Å². The minimum Gasteiger partial charge on any atom is -0.456 e. The molecule has 1 fully saturated rings. The minimum atomic E-state index is -3.69. The topological polar surface area (TPSA) is 102 Å². The summed E-state index contributed by atoms with van der Waals surface area (Å²) in [6.45, 7) is 3.32. The summed E-state index contributed by atoms with van der Waals surface area (Å²) >= 11 is 0. The standard InChI is InChI=1S/C20H30N2O5S/c1-15-9-10-18(13-16(15)2)28(25,26)21-12-11-20(24)27-14-19(23)22-17-7-5-3-4-6-8-17/h9-10,13,17,21H,3-8,11-12,14H2,1-2H3,(H,22,23). The largest absolute Gasteiger partial charge is 0.456 e. The number of carbonyl (C=O) groups is 2. The molecule has 0 aliphatic heterocycles. The summed E-state index contributed by atoms with van der Waals surface area (Å²) in [7, 11) is -3.69. The van der Waals surface area contributed by atoms with E-state index in [0.29, 0.717) is 0 Å². The van der Waals surface area contributed by atoms with Crippen molar-refractivity contribution in [3.63, 3.8) is 0 Å². The van der Waals surface area contributed by atoms with Gasteiger partial charge >= 0.3 is 5.97 Å². The zero-order valence-electron chi connectivity index (χ0n) is 16.6. The second-order valence-electron chi connectivity index (χ2n) is 7.31. The van der Waals surface area contributed by atoms with E-state index in [1.165, 1.54) is 18.9 Å². The predicted molar refractivity (Wildman–Crippen MR) is 106 cm³/mol. The number of aryl methyl sites for hydroxylation is 2. The van der Waals surface area contributed by atoms with Gasteiger partial charge in [-0.15, -0.1) is 0 Å². The van der Waals surface area contributed by atoms with E-state index in [-0.39, 0.29) is 36.4 Å². The van der Waals surface area contributed by atoms with Gasteiger partial charge in [0.2, 0.25) is 10.0 Å². The van der Waals surface area contributed by atoms with E-state index in [4.69, 9.17) is 4.74 Å². The van der Waals surface area contributed by atoms with Gasteiger partial charge in [-0.05, 0) is 49.9 Å². The first kappa shape index (κ1) is 22.4. The maximum Gasteiger partial charge on any atom is 0.307 e. The van der Waals surface area contributed by atoms with Crippen molar-refractivity contribution in [1.82, 2.24) is 10.0 Å². The molecule has 28 heavy (non-hydrogen) atoms. The second-order valence-corrected chi connectivity index (χ2v) is 9.08. The fourth-order valence-electron chi connectivity index (χ4n) is 3.16. The Morgan fingerprint density at radius 3 is 2.39 bits per heavy atom. The van der Waals surface area contributed by atoms with Crippen LogP contribution in [-0.2, 0) is 24.3 Å². The molecular weight excluding hydrogens is 380 g/mol. The van der Waals surface area contributed by atoms with E-state index in [1.54, 1.807) is 12.1 Å². The molecule has 0 atom stereocenters. The van der Waals surface area contributed by atoms with Gasteiger partial charge in [-0.2, -0.15) is 0 Å².